The third kappa shape index (κ3) is 3.26. The molecule has 0 aliphatic rings. The molecule has 0 bridgehead atoms. The first-order valence-corrected chi connectivity index (χ1v) is 8.03. The number of carboxylic acids is 1. The van der Waals surface area contributed by atoms with E-state index in [1.54, 1.807) is 6.20 Å². The summed E-state index contributed by atoms with van der Waals surface area (Å²) in [6.45, 7) is 0. The predicted molar refractivity (Wildman–Crippen MR) is 97.6 cm³/mol. The smallest absolute Gasteiger partial charge is 0.337 e. The Labute approximate surface area is 161 Å². The number of hydrogen-bond donors (Lipinski definition) is 3. The van der Waals surface area contributed by atoms with Crippen LogP contribution in [0, 0.1) is 18.2 Å². The molecule has 10 nitrogen and oxygen atoms in total. The number of nitrogens with zero attached hydrogens (tertiary/aromatic N) is 5. The normalized spacial score (nSPS) is 10.6. The van der Waals surface area contributed by atoms with E-state index in [0.717, 1.165) is 12.1 Å². The number of H-pyrrole nitrogens is 1. The molecule has 0 fully saturated rings. The third-order valence-electron chi connectivity index (χ3n) is 3.94. The van der Waals surface area contributed by atoms with Crippen molar-refractivity contribution in [2.75, 3.05) is 5.32 Å². The first-order chi connectivity index (χ1) is 14.0. The molecule has 11 heteroatoms. The Morgan fingerprint density at radius 3 is 2.83 bits per heavy atom. The zero-order chi connectivity index (χ0) is 20.5. The van der Waals surface area contributed by atoms with Gasteiger partial charge in [-0.2, -0.15) is 10.1 Å². The topological polar surface area (TPSA) is 138 Å². The Hall–Kier alpha value is -4.59. The minimum absolute atomic E-state index is 0.0495. The van der Waals surface area contributed by atoms with Crippen LogP contribution in [-0.4, -0.2) is 46.8 Å². The number of rotatable bonds is 4. The van der Waals surface area contributed by atoms with Gasteiger partial charge in [-0.3, -0.25) is 9.89 Å². The van der Waals surface area contributed by atoms with E-state index in [9.17, 15) is 19.1 Å². The van der Waals surface area contributed by atoms with Crippen LogP contribution in [0.15, 0.2) is 36.8 Å². The van der Waals surface area contributed by atoms with Crippen LogP contribution in [-0.2, 0) is 0 Å². The number of aromatic nitrogens is 6. The summed E-state index contributed by atoms with van der Waals surface area (Å²) in [7, 11) is 0. The fourth-order valence-corrected chi connectivity index (χ4v) is 2.55. The van der Waals surface area contributed by atoms with Gasteiger partial charge in [0, 0.05) is 12.4 Å². The van der Waals surface area contributed by atoms with Gasteiger partial charge in [-0.25, -0.2) is 18.7 Å². The maximum Gasteiger partial charge on any atom is 0.337 e. The Morgan fingerprint density at radius 1 is 1.31 bits per heavy atom. The second kappa shape index (κ2) is 6.86. The number of hydrogen-bond acceptors (Lipinski definition) is 6. The summed E-state index contributed by atoms with van der Waals surface area (Å²) in [6, 6.07) is 3.20. The molecule has 0 spiro atoms. The van der Waals surface area contributed by atoms with Crippen molar-refractivity contribution in [3.8, 4) is 23.7 Å². The molecule has 0 saturated carbocycles. The average molecular weight is 391 g/mol. The molecule has 0 atom stereocenters. The molecule has 3 N–H and O–H groups in total. The van der Waals surface area contributed by atoms with Crippen LogP contribution in [0.2, 0.25) is 0 Å². The lowest BCUT2D eigenvalue weighted by Crippen LogP contribution is -2.17. The monoisotopic (exact) mass is 391 g/mol. The van der Waals surface area contributed by atoms with E-state index in [1.807, 2.05) is 0 Å². The highest BCUT2D eigenvalue weighted by Crippen LogP contribution is 2.22. The largest absolute Gasteiger partial charge is 0.478 e. The van der Waals surface area contributed by atoms with E-state index < -0.39 is 23.3 Å². The number of amides is 1. The maximum atomic E-state index is 13.8. The second-order valence-corrected chi connectivity index (χ2v) is 5.76. The van der Waals surface area contributed by atoms with Gasteiger partial charge in [0.2, 0.25) is 0 Å². The summed E-state index contributed by atoms with van der Waals surface area (Å²) in [4.78, 5) is 32.3. The number of aromatic carboxylic acids is 1. The molecule has 1 amide bonds. The molecule has 0 aliphatic carbocycles. The van der Waals surface area contributed by atoms with Gasteiger partial charge in [0.05, 0.1) is 28.6 Å². The van der Waals surface area contributed by atoms with E-state index in [-0.39, 0.29) is 22.7 Å². The highest BCUT2D eigenvalue weighted by atomic mass is 19.1. The van der Waals surface area contributed by atoms with Crippen molar-refractivity contribution >= 4 is 23.3 Å². The van der Waals surface area contributed by atoms with Gasteiger partial charge in [0.25, 0.3) is 11.7 Å². The summed E-state index contributed by atoms with van der Waals surface area (Å²) in [5.74, 6) is -0.429. The van der Waals surface area contributed by atoms with E-state index >= 15 is 0 Å². The number of halogens is 1. The van der Waals surface area contributed by atoms with E-state index in [4.69, 9.17) is 6.42 Å². The fourth-order valence-electron chi connectivity index (χ4n) is 2.55. The molecule has 0 unspecified atom stereocenters. The van der Waals surface area contributed by atoms with Gasteiger partial charge in [-0.05, 0) is 18.2 Å². The summed E-state index contributed by atoms with van der Waals surface area (Å²) in [6.07, 6.45) is 9.82. The summed E-state index contributed by atoms with van der Waals surface area (Å²) >= 11 is 0. The van der Waals surface area contributed by atoms with Crippen LogP contribution in [0.25, 0.3) is 17.2 Å². The van der Waals surface area contributed by atoms with Crippen molar-refractivity contribution in [2.45, 2.75) is 0 Å². The minimum atomic E-state index is -1.42. The fraction of sp³-hybridized carbons (Fsp3) is 0. The Morgan fingerprint density at radius 2 is 2.14 bits per heavy atom. The molecule has 4 rings (SSSR count). The van der Waals surface area contributed by atoms with Crippen molar-refractivity contribution in [2.24, 2.45) is 0 Å². The van der Waals surface area contributed by atoms with Gasteiger partial charge < -0.3 is 10.4 Å². The standard InChI is InChI=1S/C18H10FN7O3/c1-2-9-5-14(11(17(28)29)6-12(9)19)22-16(27)13-3-4-26-18(23-13)24-15(25-26)10-7-20-21-8-10/h1,3-8H,(H,20,21)(H,22,27)(H,28,29). The van der Waals surface area contributed by atoms with E-state index in [0.29, 0.717) is 11.4 Å². The first-order valence-electron chi connectivity index (χ1n) is 8.03. The highest BCUT2D eigenvalue weighted by molar-refractivity contribution is 6.07. The van der Waals surface area contributed by atoms with Crippen LogP contribution in [0.4, 0.5) is 10.1 Å². The molecule has 1 aromatic carbocycles. The van der Waals surface area contributed by atoms with E-state index in [2.05, 4.69) is 36.5 Å². The SMILES string of the molecule is C#Cc1cc(NC(=O)c2ccn3nc(-c4cn[nH]c4)nc3n2)c(C(=O)O)cc1F. The lowest BCUT2D eigenvalue weighted by molar-refractivity contribution is 0.0697. The van der Waals surface area contributed by atoms with Crippen molar-refractivity contribution in [1.82, 2.24) is 29.8 Å². The number of carbonyl (C=O) groups is 2. The second-order valence-electron chi connectivity index (χ2n) is 5.76. The molecule has 3 heterocycles. The number of nitrogens with one attached hydrogen (secondary N) is 2. The van der Waals surface area contributed by atoms with Crippen LogP contribution in [0.1, 0.15) is 26.4 Å². The van der Waals surface area contributed by atoms with Gasteiger partial charge in [0.1, 0.15) is 11.5 Å². The van der Waals surface area contributed by atoms with E-state index in [1.165, 1.54) is 23.0 Å². The minimum Gasteiger partial charge on any atom is -0.478 e. The number of terminal acetylenes is 1. The number of carboxylic acid groups (broad SMARTS) is 1. The summed E-state index contributed by atoms with van der Waals surface area (Å²) in [5, 5.41) is 22.3. The Bertz CT molecular complexity index is 1310. The molecule has 3 aromatic heterocycles. The lowest BCUT2D eigenvalue weighted by atomic mass is 10.1. The molecule has 0 aliphatic heterocycles. The quantitative estimate of drug-likeness (QED) is 0.449. The predicted octanol–water partition coefficient (Wildman–Crippen LogP) is 1.59. The Balaban J connectivity index is 1.68. The van der Waals surface area contributed by atoms with Crippen LogP contribution < -0.4 is 5.32 Å². The van der Waals surface area contributed by atoms with Gasteiger partial charge >= 0.3 is 5.97 Å². The van der Waals surface area contributed by atoms with Crippen molar-refractivity contribution < 1.29 is 19.1 Å². The molecule has 0 saturated heterocycles. The highest BCUT2D eigenvalue weighted by Gasteiger charge is 2.18. The average Bonchev–Trinajstić information content (AvgIpc) is 3.37. The number of benzene rings is 1. The zero-order valence-electron chi connectivity index (χ0n) is 14.4. The van der Waals surface area contributed by atoms with Crippen LogP contribution in [0.3, 0.4) is 0 Å². The van der Waals surface area contributed by atoms with Crippen LogP contribution in [0.5, 0.6) is 0 Å². The maximum absolute atomic E-state index is 13.8. The number of aromatic amines is 1. The third-order valence-corrected chi connectivity index (χ3v) is 3.94. The number of carbonyl (C=O) groups excluding carboxylic acids is 1. The first kappa shape index (κ1) is 17.8. The summed E-state index contributed by atoms with van der Waals surface area (Å²) < 4.78 is 15.2. The lowest BCUT2D eigenvalue weighted by Gasteiger charge is -2.09. The van der Waals surface area contributed by atoms with Crippen molar-refractivity contribution in [1.29, 1.82) is 0 Å². The van der Waals surface area contributed by atoms with Gasteiger partial charge in [0.15, 0.2) is 5.82 Å². The number of fused-ring (bicyclic) bond motifs is 1. The molecular formula is C18H10FN7O3. The summed E-state index contributed by atoms with van der Waals surface area (Å²) in [5.41, 5.74) is -0.192. The Kier molecular flexibility index (Phi) is 4.21. The van der Waals surface area contributed by atoms with Gasteiger partial charge in [-0.1, -0.05) is 5.92 Å². The molecule has 0 radical (unpaired) electrons. The molecule has 29 heavy (non-hydrogen) atoms. The van der Waals surface area contributed by atoms with Crippen molar-refractivity contribution in [3.63, 3.8) is 0 Å². The van der Waals surface area contributed by atoms with Crippen LogP contribution >= 0.6 is 0 Å². The molecular weight excluding hydrogens is 381 g/mol. The molecule has 4 aromatic rings. The zero-order valence-corrected chi connectivity index (χ0v) is 14.4. The number of anilines is 1. The van der Waals surface area contributed by atoms with Crippen molar-refractivity contribution in [3.05, 3.63) is 59.4 Å². The van der Waals surface area contributed by atoms with Gasteiger partial charge in [-0.15, -0.1) is 11.5 Å². The molecule has 142 valence electrons.